The molecular formula is C13H20F2N2. The van der Waals surface area contributed by atoms with E-state index in [4.69, 9.17) is 0 Å². The molecule has 0 unspecified atom stereocenters. The van der Waals surface area contributed by atoms with Gasteiger partial charge in [0.05, 0.1) is 0 Å². The highest BCUT2D eigenvalue weighted by molar-refractivity contribution is 5.18. The van der Waals surface area contributed by atoms with E-state index in [0.717, 1.165) is 38.2 Å². The molecule has 0 fully saturated rings. The molecule has 1 rings (SSSR count). The lowest BCUT2D eigenvalue weighted by molar-refractivity contribution is 0.336. The summed E-state index contributed by atoms with van der Waals surface area (Å²) in [5.74, 6) is -1.55. The van der Waals surface area contributed by atoms with E-state index >= 15 is 0 Å². The van der Waals surface area contributed by atoms with Gasteiger partial charge in [0.25, 0.3) is 0 Å². The van der Waals surface area contributed by atoms with Crippen molar-refractivity contribution >= 4 is 0 Å². The summed E-state index contributed by atoms with van der Waals surface area (Å²) in [4.78, 5) is 2.17. The van der Waals surface area contributed by atoms with Crippen molar-refractivity contribution in [3.05, 3.63) is 35.4 Å². The Morgan fingerprint density at radius 1 is 1.18 bits per heavy atom. The summed E-state index contributed by atoms with van der Waals surface area (Å²) in [5.41, 5.74) is 0.833. The third-order valence-electron chi connectivity index (χ3n) is 2.69. The molecule has 0 aliphatic heterocycles. The second kappa shape index (κ2) is 7.35. The lowest BCUT2D eigenvalue weighted by Crippen LogP contribution is -2.30. The fraction of sp³-hybridized carbons (Fsp3) is 0.538. The summed E-state index contributed by atoms with van der Waals surface area (Å²) in [6.45, 7) is 5.79. The Morgan fingerprint density at radius 3 is 2.59 bits per heavy atom. The summed E-state index contributed by atoms with van der Waals surface area (Å²) < 4.78 is 25.7. The Labute approximate surface area is 102 Å². The first-order valence-corrected chi connectivity index (χ1v) is 5.96. The lowest BCUT2D eigenvalue weighted by atomic mass is 10.1. The van der Waals surface area contributed by atoms with Crippen molar-refractivity contribution in [3.63, 3.8) is 0 Å². The number of hydrogen-bond acceptors (Lipinski definition) is 2. The minimum Gasteiger partial charge on any atom is -0.316 e. The molecule has 1 N–H and O–H groups in total. The average molecular weight is 242 g/mol. The van der Waals surface area contributed by atoms with Crippen molar-refractivity contribution in [2.75, 3.05) is 33.2 Å². The minimum atomic E-state index is -0.783. The summed E-state index contributed by atoms with van der Waals surface area (Å²) >= 11 is 0. The third-order valence-corrected chi connectivity index (χ3v) is 2.69. The molecule has 0 saturated heterocycles. The topological polar surface area (TPSA) is 15.3 Å². The van der Waals surface area contributed by atoms with Gasteiger partial charge in [-0.05, 0) is 37.7 Å². The van der Waals surface area contributed by atoms with Crippen LogP contribution in [-0.4, -0.2) is 38.1 Å². The van der Waals surface area contributed by atoms with Gasteiger partial charge in [0, 0.05) is 19.6 Å². The second-order valence-corrected chi connectivity index (χ2v) is 4.16. The van der Waals surface area contributed by atoms with Crippen LogP contribution in [0.5, 0.6) is 0 Å². The molecular weight excluding hydrogens is 222 g/mol. The molecule has 0 amide bonds. The lowest BCUT2D eigenvalue weighted by Gasteiger charge is -2.16. The molecule has 17 heavy (non-hydrogen) atoms. The van der Waals surface area contributed by atoms with Gasteiger partial charge in [-0.15, -0.1) is 0 Å². The van der Waals surface area contributed by atoms with E-state index in [9.17, 15) is 8.78 Å². The fourth-order valence-electron chi connectivity index (χ4n) is 1.57. The average Bonchev–Trinajstić information content (AvgIpc) is 2.31. The van der Waals surface area contributed by atoms with E-state index in [2.05, 4.69) is 17.1 Å². The smallest absolute Gasteiger partial charge is 0.159 e. The zero-order chi connectivity index (χ0) is 12.7. The summed E-state index contributed by atoms with van der Waals surface area (Å²) in [6, 6.07) is 4.09. The van der Waals surface area contributed by atoms with E-state index < -0.39 is 11.6 Å². The predicted octanol–water partition coefficient (Wildman–Crippen LogP) is 2.05. The number of hydrogen-bond donors (Lipinski definition) is 1. The molecule has 0 aliphatic rings. The SMILES string of the molecule is CCNCCN(C)CCc1ccc(F)c(F)c1. The molecule has 2 nitrogen and oxygen atoms in total. The first-order valence-electron chi connectivity index (χ1n) is 5.96. The van der Waals surface area contributed by atoms with Crippen LogP contribution < -0.4 is 5.32 Å². The third kappa shape index (κ3) is 5.24. The van der Waals surface area contributed by atoms with Crippen molar-refractivity contribution < 1.29 is 8.78 Å². The van der Waals surface area contributed by atoms with Crippen molar-refractivity contribution in [2.24, 2.45) is 0 Å². The van der Waals surface area contributed by atoms with Crippen LogP contribution >= 0.6 is 0 Å². The molecule has 0 atom stereocenters. The summed E-state index contributed by atoms with van der Waals surface area (Å²) in [7, 11) is 2.03. The number of nitrogens with zero attached hydrogens (tertiary/aromatic N) is 1. The zero-order valence-corrected chi connectivity index (χ0v) is 10.5. The highest BCUT2D eigenvalue weighted by atomic mass is 19.2. The fourth-order valence-corrected chi connectivity index (χ4v) is 1.57. The predicted molar refractivity (Wildman–Crippen MR) is 66.1 cm³/mol. The molecule has 1 aromatic carbocycles. The van der Waals surface area contributed by atoms with Crippen LogP contribution in [-0.2, 0) is 6.42 Å². The van der Waals surface area contributed by atoms with Crippen molar-refractivity contribution in [1.82, 2.24) is 10.2 Å². The zero-order valence-electron chi connectivity index (χ0n) is 10.5. The Bertz CT molecular complexity index is 342. The normalized spacial score (nSPS) is 11.1. The summed E-state index contributed by atoms with van der Waals surface area (Å²) in [5, 5.41) is 3.24. The molecule has 0 radical (unpaired) electrons. The van der Waals surface area contributed by atoms with Gasteiger partial charge < -0.3 is 10.2 Å². The van der Waals surface area contributed by atoms with Crippen LogP contribution in [0, 0.1) is 11.6 Å². The number of halogens is 2. The quantitative estimate of drug-likeness (QED) is 0.736. The highest BCUT2D eigenvalue weighted by Gasteiger charge is 2.03. The maximum absolute atomic E-state index is 13.0. The molecule has 0 bridgehead atoms. The number of benzene rings is 1. The van der Waals surface area contributed by atoms with Crippen LogP contribution in [0.3, 0.4) is 0 Å². The summed E-state index contributed by atoms with van der Waals surface area (Å²) in [6.07, 6.45) is 0.736. The molecule has 0 heterocycles. The van der Waals surface area contributed by atoms with Crippen LogP contribution in [0.1, 0.15) is 12.5 Å². The monoisotopic (exact) mass is 242 g/mol. The molecule has 0 aromatic heterocycles. The maximum Gasteiger partial charge on any atom is 0.159 e. The molecule has 96 valence electrons. The van der Waals surface area contributed by atoms with E-state index in [1.165, 1.54) is 12.1 Å². The van der Waals surface area contributed by atoms with Crippen molar-refractivity contribution in [3.8, 4) is 0 Å². The number of nitrogens with one attached hydrogen (secondary N) is 1. The van der Waals surface area contributed by atoms with E-state index in [0.29, 0.717) is 0 Å². The van der Waals surface area contributed by atoms with Gasteiger partial charge in [-0.2, -0.15) is 0 Å². The molecule has 0 aliphatic carbocycles. The van der Waals surface area contributed by atoms with Crippen LogP contribution in [0.2, 0.25) is 0 Å². The van der Waals surface area contributed by atoms with Gasteiger partial charge in [-0.25, -0.2) is 8.78 Å². The van der Waals surface area contributed by atoms with Crippen LogP contribution in [0.15, 0.2) is 18.2 Å². The van der Waals surface area contributed by atoms with Crippen LogP contribution in [0.25, 0.3) is 0 Å². The molecule has 4 heteroatoms. The van der Waals surface area contributed by atoms with Crippen LogP contribution in [0.4, 0.5) is 8.78 Å². The standard InChI is InChI=1S/C13H20F2N2/c1-3-16-7-9-17(2)8-6-11-4-5-12(14)13(15)10-11/h4-5,10,16H,3,6-9H2,1-2H3. The molecule has 0 saturated carbocycles. The van der Waals surface area contributed by atoms with Gasteiger partial charge in [0.2, 0.25) is 0 Å². The Hall–Kier alpha value is -1.00. The van der Waals surface area contributed by atoms with Gasteiger partial charge in [0.15, 0.2) is 11.6 Å². The Morgan fingerprint density at radius 2 is 1.94 bits per heavy atom. The van der Waals surface area contributed by atoms with E-state index in [1.54, 1.807) is 6.07 Å². The Balaban J connectivity index is 2.31. The highest BCUT2D eigenvalue weighted by Crippen LogP contribution is 2.09. The van der Waals surface area contributed by atoms with Gasteiger partial charge in [0.1, 0.15) is 0 Å². The minimum absolute atomic E-state index is 0.736. The van der Waals surface area contributed by atoms with E-state index in [1.807, 2.05) is 7.05 Å². The molecule has 0 spiro atoms. The number of likely N-dealkylation sites (N-methyl/N-ethyl adjacent to an activating group) is 2. The largest absolute Gasteiger partial charge is 0.316 e. The van der Waals surface area contributed by atoms with E-state index in [-0.39, 0.29) is 0 Å². The van der Waals surface area contributed by atoms with Gasteiger partial charge in [-0.3, -0.25) is 0 Å². The van der Waals surface area contributed by atoms with Crippen molar-refractivity contribution in [2.45, 2.75) is 13.3 Å². The Kier molecular flexibility index (Phi) is 6.08. The van der Waals surface area contributed by atoms with Crippen molar-refractivity contribution in [1.29, 1.82) is 0 Å². The molecule has 1 aromatic rings. The number of rotatable bonds is 7. The first kappa shape index (κ1) is 14.1. The second-order valence-electron chi connectivity index (χ2n) is 4.16. The first-order chi connectivity index (χ1) is 8.13. The van der Waals surface area contributed by atoms with Gasteiger partial charge >= 0.3 is 0 Å². The maximum atomic E-state index is 13.0. The van der Waals surface area contributed by atoms with Gasteiger partial charge in [-0.1, -0.05) is 13.0 Å².